The average molecular weight is 302 g/mol. The Labute approximate surface area is 130 Å². The van der Waals surface area contributed by atoms with Crippen LogP contribution in [0.5, 0.6) is 0 Å². The second kappa shape index (κ2) is 17.4. The summed E-state index contributed by atoms with van der Waals surface area (Å²) in [5, 5.41) is 8.45. The highest BCUT2D eigenvalue weighted by atomic mass is 16.5. The van der Waals surface area contributed by atoms with E-state index in [2.05, 4.69) is 6.92 Å². The zero-order chi connectivity index (χ0) is 15.6. The van der Waals surface area contributed by atoms with E-state index in [1.807, 2.05) is 0 Å². The monoisotopic (exact) mass is 302 g/mol. The van der Waals surface area contributed by atoms with Gasteiger partial charge in [0.1, 0.15) is 0 Å². The maximum absolute atomic E-state index is 10.3. The molecule has 0 aromatic rings. The van der Waals surface area contributed by atoms with Gasteiger partial charge in [-0.15, -0.1) is 0 Å². The zero-order valence-corrected chi connectivity index (χ0v) is 13.8. The Morgan fingerprint density at radius 2 is 1.19 bits per heavy atom. The molecule has 0 heterocycles. The fourth-order valence-electron chi connectivity index (χ4n) is 2.16. The molecule has 0 bridgehead atoms. The third-order valence-electron chi connectivity index (χ3n) is 3.44. The smallest absolute Gasteiger partial charge is 0.303 e. The molecule has 0 spiro atoms. The third-order valence-corrected chi connectivity index (χ3v) is 3.44. The lowest BCUT2D eigenvalue weighted by Gasteiger charge is -2.05. The number of rotatable bonds is 17. The van der Waals surface area contributed by atoms with Gasteiger partial charge in [0.05, 0.1) is 13.2 Å². The van der Waals surface area contributed by atoms with Crippen LogP contribution in [0.3, 0.4) is 0 Å². The summed E-state index contributed by atoms with van der Waals surface area (Å²) in [4.78, 5) is 10.3. The van der Waals surface area contributed by atoms with Gasteiger partial charge in [-0.1, -0.05) is 58.3 Å². The van der Waals surface area contributed by atoms with Gasteiger partial charge in [-0.3, -0.25) is 4.79 Å². The first-order valence-electron chi connectivity index (χ1n) is 8.64. The van der Waals surface area contributed by atoms with E-state index in [0.717, 1.165) is 13.0 Å². The summed E-state index contributed by atoms with van der Waals surface area (Å²) in [6, 6.07) is 0. The van der Waals surface area contributed by atoms with E-state index < -0.39 is 5.97 Å². The molecule has 0 unspecified atom stereocenters. The highest BCUT2D eigenvalue weighted by Gasteiger charge is 1.96. The second-order valence-corrected chi connectivity index (χ2v) is 5.55. The molecule has 0 radical (unpaired) electrons. The van der Waals surface area contributed by atoms with Crippen molar-refractivity contribution in [2.45, 2.75) is 77.6 Å². The van der Waals surface area contributed by atoms with Crippen molar-refractivity contribution in [3.05, 3.63) is 0 Å². The van der Waals surface area contributed by atoms with Gasteiger partial charge < -0.3 is 14.6 Å². The molecule has 4 heteroatoms. The summed E-state index contributed by atoms with van der Waals surface area (Å²) >= 11 is 0. The van der Waals surface area contributed by atoms with E-state index in [1.165, 1.54) is 51.4 Å². The van der Waals surface area contributed by atoms with Crippen LogP contribution in [0.2, 0.25) is 0 Å². The van der Waals surface area contributed by atoms with Gasteiger partial charge in [0, 0.05) is 19.6 Å². The molecule has 0 aliphatic rings. The summed E-state index contributed by atoms with van der Waals surface area (Å²) in [5.41, 5.74) is 0. The maximum atomic E-state index is 10.3. The molecule has 1 N–H and O–H groups in total. The number of aliphatic carboxylic acids is 1. The molecule has 126 valence electrons. The summed E-state index contributed by atoms with van der Waals surface area (Å²) in [6.07, 6.45) is 12.7. The molecule has 4 nitrogen and oxygen atoms in total. The fourth-order valence-corrected chi connectivity index (χ4v) is 2.16. The Hall–Kier alpha value is -0.610. The van der Waals surface area contributed by atoms with Crippen LogP contribution in [0.4, 0.5) is 0 Å². The fraction of sp³-hybridized carbons (Fsp3) is 0.941. The minimum atomic E-state index is -0.764. The molecule has 0 fully saturated rings. The van der Waals surface area contributed by atoms with Crippen molar-refractivity contribution >= 4 is 5.97 Å². The van der Waals surface area contributed by atoms with Crippen LogP contribution in [0, 0.1) is 0 Å². The van der Waals surface area contributed by atoms with Crippen LogP contribution in [-0.2, 0) is 14.3 Å². The molecule has 0 saturated carbocycles. The van der Waals surface area contributed by atoms with E-state index in [9.17, 15) is 4.79 Å². The van der Waals surface area contributed by atoms with Gasteiger partial charge in [-0.05, 0) is 12.8 Å². The molecule has 0 atom stereocenters. The number of carboxylic acid groups (broad SMARTS) is 1. The number of carboxylic acids is 1. The normalized spacial score (nSPS) is 10.9. The minimum absolute atomic E-state index is 0.180. The van der Waals surface area contributed by atoms with Crippen molar-refractivity contribution < 1.29 is 19.4 Å². The standard InChI is InChI=1S/C17H34O4/c1-2-3-4-5-6-7-8-9-10-13-20-15-16-21-14-11-12-17(18)19/h2-16H2,1H3,(H,18,19). The second-order valence-electron chi connectivity index (χ2n) is 5.55. The highest BCUT2D eigenvalue weighted by Crippen LogP contribution is 2.09. The SMILES string of the molecule is CCCCCCCCCCCOCCOCCCC(=O)O. The molecule has 0 saturated heterocycles. The van der Waals surface area contributed by atoms with Crippen LogP contribution < -0.4 is 0 Å². The van der Waals surface area contributed by atoms with Crippen LogP contribution in [0.25, 0.3) is 0 Å². The van der Waals surface area contributed by atoms with Gasteiger partial charge in [-0.25, -0.2) is 0 Å². The number of unbranched alkanes of at least 4 members (excludes halogenated alkanes) is 8. The first-order chi connectivity index (χ1) is 10.3. The molecule has 0 amide bonds. The molecule has 0 aromatic carbocycles. The minimum Gasteiger partial charge on any atom is -0.481 e. The number of hydrogen-bond acceptors (Lipinski definition) is 3. The van der Waals surface area contributed by atoms with Crippen molar-refractivity contribution in [2.24, 2.45) is 0 Å². The molecule has 21 heavy (non-hydrogen) atoms. The van der Waals surface area contributed by atoms with Crippen molar-refractivity contribution in [3.8, 4) is 0 Å². The zero-order valence-electron chi connectivity index (χ0n) is 13.8. The lowest BCUT2D eigenvalue weighted by atomic mass is 10.1. The van der Waals surface area contributed by atoms with Crippen LogP contribution in [0.1, 0.15) is 77.6 Å². The molecule has 0 aliphatic carbocycles. The Morgan fingerprint density at radius 1 is 0.714 bits per heavy atom. The van der Waals surface area contributed by atoms with Gasteiger partial charge in [0.15, 0.2) is 0 Å². The predicted molar refractivity (Wildman–Crippen MR) is 85.7 cm³/mol. The van der Waals surface area contributed by atoms with Gasteiger partial charge in [-0.2, -0.15) is 0 Å². The summed E-state index contributed by atoms with van der Waals surface area (Å²) in [7, 11) is 0. The van der Waals surface area contributed by atoms with Gasteiger partial charge >= 0.3 is 5.97 Å². The van der Waals surface area contributed by atoms with Crippen molar-refractivity contribution in [1.82, 2.24) is 0 Å². The molecule has 0 aliphatic heterocycles. The lowest BCUT2D eigenvalue weighted by Crippen LogP contribution is -2.07. The van der Waals surface area contributed by atoms with E-state index in [1.54, 1.807) is 0 Å². The van der Waals surface area contributed by atoms with E-state index in [-0.39, 0.29) is 6.42 Å². The van der Waals surface area contributed by atoms with Crippen molar-refractivity contribution in [3.63, 3.8) is 0 Å². The first kappa shape index (κ1) is 20.4. The number of hydrogen-bond donors (Lipinski definition) is 1. The Bertz CT molecular complexity index is 219. The van der Waals surface area contributed by atoms with Gasteiger partial charge in [0.25, 0.3) is 0 Å². The Kier molecular flexibility index (Phi) is 16.9. The molecular weight excluding hydrogens is 268 g/mol. The van der Waals surface area contributed by atoms with Crippen LogP contribution in [-0.4, -0.2) is 37.5 Å². The van der Waals surface area contributed by atoms with Crippen LogP contribution >= 0.6 is 0 Å². The third kappa shape index (κ3) is 19.4. The Morgan fingerprint density at radius 3 is 1.71 bits per heavy atom. The average Bonchev–Trinajstić information content (AvgIpc) is 2.46. The van der Waals surface area contributed by atoms with Crippen molar-refractivity contribution in [1.29, 1.82) is 0 Å². The first-order valence-corrected chi connectivity index (χ1v) is 8.64. The molecular formula is C17H34O4. The topological polar surface area (TPSA) is 55.8 Å². The molecule has 0 aromatic heterocycles. The van der Waals surface area contributed by atoms with E-state index >= 15 is 0 Å². The quantitative estimate of drug-likeness (QED) is 0.404. The van der Waals surface area contributed by atoms with Crippen LogP contribution in [0.15, 0.2) is 0 Å². The number of ether oxygens (including phenoxy) is 2. The van der Waals surface area contributed by atoms with Gasteiger partial charge in [0.2, 0.25) is 0 Å². The maximum Gasteiger partial charge on any atom is 0.303 e. The van der Waals surface area contributed by atoms with Crippen molar-refractivity contribution in [2.75, 3.05) is 26.4 Å². The summed E-state index contributed by atoms with van der Waals surface area (Å²) in [6.45, 7) is 4.75. The highest BCUT2D eigenvalue weighted by molar-refractivity contribution is 5.66. The molecule has 0 rings (SSSR count). The summed E-state index contributed by atoms with van der Waals surface area (Å²) < 4.78 is 10.8. The Balaban J connectivity index is 2.95. The van der Waals surface area contributed by atoms with E-state index in [0.29, 0.717) is 26.2 Å². The van der Waals surface area contributed by atoms with E-state index in [4.69, 9.17) is 14.6 Å². The predicted octanol–water partition coefficient (Wildman–Crippen LogP) is 4.42. The lowest BCUT2D eigenvalue weighted by molar-refractivity contribution is -0.137. The number of carbonyl (C=O) groups is 1. The largest absolute Gasteiger partial charge is 0.481 e. The summed E-state index contributed by atoms with van der Waals surface area (Å²) in [5.74, 6) is -0.764.